The lowest BCUT2D eigenvalue weighted by molar-refractivity contribution is -0.138. The number of aliphatic hydroxyl groups is 4. The molecule has 8 N–H and O–H groups in total. The van der Waals surface area contributed by atoms with Gasteiger partial charge in [0.2, 0.25) is 0 Å². The number of carboxylic acids is 4. The van der Waals surface area contributed by atoms with Crippen molar-refractivity contribution in [3.63, 3.8) is 0 Å². The molecule has 0 atom stereocenters. The fourth-order valence-electron chi connectivity index (χ4n) is 6.65. The summed E-state index contributed by atoms with van der Waals surface area (Å²) in [5.41, 5.74) is -1.11. The molecule has 65 heavy (non-hydrogen) atoms. The van der Waals surface area contributed by atoms with Crippen LogP contribution in [0.15, 0.2) is 0 Å². The minimum Gasteiger partial charge on any atom is -0.481 e. The molecular weight excluding hydrogens is 829 g/mol. The third kappa shape index (κ3) is 76.3. The Bertz CT molecular complexity index is 796. The van der Waals surface area contributed by atoms with Crippen LogP contribution in [0.4, 0.5) is 0 Å². The standard InChI is InChI=1S/4C12H24O2.C5H12O4/c4*1-2-3-4-5-6-7-8-9-10-11-12(13)14;6-1-5(2-7,3-8)4-9/h4*2-11H2,1H3,(H,13,14);6-9H,1-4H2. The lowest BCUT2D eigenvalue weighted by Gasteiger charge is -2.23. The molecule has 0 aromatic heterocycles. The number of hydrogen-bond acceptors (Lipinski definition) is 8. The lowest BCUT2D eigenvalue weighted by Crippen LogP contribution is -2.37. The highest BCUT2D eigenvalue weighted by Crippen LogP contribution is 2.14. The van der Waals surface area contributed by atoms with Crippen LogP contribution in [0.3, 0.4) is 0 Å². The van der Waals surface area contributed by atoms with Crippen molar-refractivity contribution in [1.29, 1.82) is 0 Å². The normalized spacial score (nSPS) is 10.6. The predicted molar refractivity (Wildman–Crippen MR) is 269 cm³/mol. The molecule has 0 aliphatic heterocycles. The third-order valence-corrected chi connectivity index (χ3v) is 11.3. The number of aliphatic carboxylic acids is 4. The van der Waals surface area contributed by atoms with E-state index in [0.717, 1.165) is 51.4 Å². The van der Waals surface area contributed by atoms with Crippen molar-refractivity contribution < 1.29 is 60.0 Å². The minimum atomic E-state index is -1.11. The van der Waals surface area contributed by atoms with Crippen LogP contribution in [0, 0.1) is 5.41 Å². The van der Waals surface area contributed by atoms with Crippen LogP contribution in [0.25, 0.3) is 0 Å². The molecule has 0 saturated heterocycles. The molecular formula is C53H108O12. The summed E-state index contributed by atoms with van der Waals surface area (Å²) in [5, 5.41) is 67.6. The summed E-state index contributed by atoms with van der Waals surface area (Å²) in [5.74, 6) is -2.64. The average Bonchev–Trinajstić information content (AvgIpc) is 3.28. The van der Waals surface area contributed by atoms with Gasteiger partial charge in [-0.1, -0.05) is 233 Å². The van der Waals surface area contributed by atoms with E-state index in [-0.39, 0.29) is 0 Å². The summed E-state index contributed by atoms with van der Waals surface area (Å²) in [6.45, 7) is 7.29. The Morgan fingerprint density at radius 2 is 0.369 bits per heavy atom. The zero-order valence-electron chi connectivity index (χ0n) is 42.8. The summed E-state index contributed by atoms with van der Waals surface area (Å²) in [4.78, 5) is 40.8. The maximum Gasteiger partial charge on any atom is 0.303 e. The first-order valence-electron chi connectivity index (χ1n) is 26.6. The zero-order valence-corrected chi connectivity index (χ0v) is 42.8. The number of aliphatic hydroxyl groups excluding tert-OH is 4. The van der Waals surface area contributed by atoms with E-state index in [2.05, 4.69) is 27.7 Å². The van der Waals surface area contributed by atoms with Crippen LogP contribution < -0.4 is 0 Å². The summed E-state index contributed by atoms with van der Waals surface area (Å²) >= 11 is 0. The Labute approximate surface area is 399 Å². The zero-order chi connectivity index (χ0) is 49.9. The van der Waals surface area contributed by atoms with Gasteiger partial charge in [-0.05, 0) is 25.7 Å². The first-order valence-corrected chi connectivity index (χ1v) is 26.6. The summed E-state index contributed by atoms with van der Waals surface area (Å²) < 4.78 is 0. The van der Waals surface area contributed by atoms with E-state index in [0.29, 0.717) is 25.7 Å². The molecule has 392 valence electrons. The first kappa shape index (κ1) is 71.7. The van der Waals surface area contributed by atoms with Crippen LogP contribution in [0.2, 0.25) is 0 Å². The second kappa shape index (κ2) is 63.8. The van der Waals surface area contributed by atoms with Crippen molar-refractivity contribution >= 4 is 23.9 Å². The predicted octanol–water partition coefficient (Wildman–Crippen LogP) is 13.9. The van der Waals surface area contributed by atoms with Gasteiger partial charge < -0.3 is 40.9 Å². The molecule has 0 amide bonds. The van der Waals surface area contributed by atoms with Crippen molar-refractivity contribution in [2.24, 2.45) is 5.41 Å². The SMILES string of the molecule is CCCCCCCCCCCC(=O)O.CCCCCCCCCCCC(=O)O.CCCCCCCCCCCC(=O)O.CCCCCCCCCCCC(=O)O.OCC(CO)(CO)CO. The molecule has 0 fully saturated rings. The van der Waals surface area contributed by atoms with E-state index in [1.807, 2.05) is 0 Å². The van der Waals surface area contributed by atoms with E-state index in [9.17, 15) is 19.2 Å². The molecule has 0 spiro atoms. The maximum atomic E-state index is 10.2. The molecule has 0 aliphatic carbocycles. The van der Waals surface area contributed by atoms with Gasteiger partial charge in [0, 0.05) is 25.7 Å². The van der Waals surface area contributed by atoms with Crippen LogP contribution in [-0.2, 0) is 19.2 Å². The van der Waals surface area contributed by atoms with Gasteiger partial charge in [0.15, 0.2) is 0 Å². The van der Waals surface area contributed by atoms with Gasteiger partial charge >= 0.3 is 23.9 Å². The highest BCUT2D eigenvalue weighted by Gasteiger charge is 2.26. The quantitative estimate of drug-likeness (QED) is 0.0267. The molecule has 0 radical (unpaired) electrons. The number of rotatable bonds is 44. The second-order valence-electron chi connectivity index (χ2n) is 18.0. The maximum absolute atomic E-state index is 10.2. The Balaban J connectivity index is -0.000000232. The second-order valence-corrected chi connectivity index (χ2v) is 18.0. The molecule has 0 rings (SSSR count). The average molecular weight is 937 g/mol. The van der Waals surface area contributed by atoms with Gasteiger partial charge in [-0.3, -0.25) is 19.2 Å². The molecule has 0 saturated carbocycles. The molecule has 0 heterocycles. The van der Waals surface area contributed by atoms with Gasteiger partial charge in [0.25, 0.3) is 0 Å². The first-order chi connectivity index (χ1) is 31.3. The van der Waals surface area contributed by atoms with Gasteiger partial charge in [-0.25, -0.2) is 0 Å². The molecule has 0 unspecified atom stereocenters. The number of carboxylic acid groups (broad SMARTS) is 4. The summed E-state index contributed by atoms with van der Waals surface area (Å²) in [7, 11) is 0. The van der Waals surface area contributed by atoms with Gasteiger partial charge in [0.1, 0.15) is 0 Å². The summed E-state index contributed by atoms with van der Waals surface area (Å²) in [6.07, 6.45) is 45.9. The molecule has 0 aromatic rings. The van der Waals surface area contributed by atoms with Crippen LogP contribution in [0.5, 0.6) is 0 Å². The van der Waals surface area contributed by atoms with E-state index < -0.39 is 55.7 Å². The fourth-order valence-corrected chi connectivity index (χ4v) is 6.65. The minimum absolute atomic E-state index is 0.343. The fraction of sp³-hybridized carbons (Fsp3) is 0.925. The Morgan fingerprint density at radius 3 is 0.462 bits per heavy atom. The van der Waals surface area contributed by atoms with Crippen molar-refractivity contribution in [3.8, 4) is 0 Å². The highest BCUT2D eigenvalue weighted by atomic mass is 16.4. The monoisotopic (exact) mass is 937 g/mol. The largest absolute Gasteiger partial charge is 0.481 e. The summed E-state index contributed by atoms with van der Waals surface area (Å²) in [6, 6.07) is 0. The van der Waals surface area contributed by atoms with E-state index >= 15 is 0 Å². The Kier molecular flexibility index (Phi) is 70.4. The van der Waals surface area contributed by atoms with Crippen LogP contribution >= 0.6 is 0 Å². The smallest absolute Gasteiger partial charge is 0.303 e. The van der Waals surface area contributed by atoms with Crippen LogP contribution in [-0.4, -0.2) is 91.2 Å². The molecule has 0 aliphatic rings. The van der Waals surface area contributed by atoms with E-state index in [1.54, 1.807) is 0 Å². The topological polar surface area (TPSA) is 230 Å². The van der Waals surface area contributed by atoms with E-state index in [4.69, 9.17) is 40.9 Å². The molecule has 12 heteroatoms. The molecule has 0 bridgehead atoms. The Hall–Kier alpha value is -2.28. The number of unbranched alkanes of at least 4 members (excludes halogenated alkanes) is 32. The third-order valence-electron chi connectivity index (χ3n) is 11.3. The van der Waals surface area contributed by atoms with Gasteiger partial charge in [-0.2, -0.15) is 0 Å². The van der Waals surface area contributed by atoms with E-state index in [1.165, 1.54) is 180 Å². The van der Waals surface area contributed by atoms with Crippen molar-refractivity contribution in [2.45, 2.75) is 285 Å². The van der Waals surface area contributed by atoms with Crippen molar-refractivity contribution in [3.05, 3.63) is 0 Å². The van der Waals surface area contributed by atoms with Gasteiger partial charge in [-0.15, -0.1) is 0 Å². The number of hydrogen-bond donors (Lipinski definition) is 8. The molecule has 0 aromatic carbocycles. The highest BCUT2D eigenvalue weighted by molar-refractivity contribution is 5.67. The van der Waals surface area contributed by atoms with Gasteiger partial charge in [0.05, 0.1) is 31.8 Å². The van der Waals surface area contributed by atoms with Crippen LogP contribution in [0.1, 0.15) is 285 Å². The molecule has 12 nitrogen and oxygen atoms in total. The van der Waals surface area contributed by atoms with Crippen molar-refractivity contribution in [1.82, 2.24) is 0 Å². The van der Waals surface area contributed by atoms with Crippen molar-refractivity contribution in [2.75, 3.05) is 26.4 Å². The lowest BCUT2D eigenvalue weighted by atomic mass is 9.93. The Morgan fingerprint density at radius 1 is 0.246 bits per heavy atom. The number of carbonyl (C=O) groups is 4.